The number of nitrogens with one attached hydrogen (secondary N) is 3. The van der Waals surface area contributed by atoms with Crippen molar-refractivity contribution in [3.8, 4) is 11.3 Å². The summed E-state index contributed by atoms with van der Waals surface area (Å²) in [7, 11) is 0. The zero-order valence-corrected chi connectivity index (χ0v) is 22.2. The third-order valence-corrected chi connectivity index (χ3v) is 7.59. The maximum atomic E-state index is 16.1. The van der Waals surface area contributed by atoms with Gasteiger partial charge in [0.2, 0.25) is 0 Å². The molecule has 39 heavy (non-hydrogen) atoms. The van der Waals surface area contributed by atoms with Crippen LogP contribution in [-0.4, -0.2) is 50.5 Å². The van der Waals surface area contributed by atoms with Crippen molar-refractivity contribution < 1.29 is 4.39 Å². The van der Waals surface area contributed by atoms with E-state index in [1.54, 1.807) is 18.6 Å². The summed E-state index contributed by atoms with van der Waals surface area (Å²) >= 11 is 0. The van der Waals surface area contributed by atoms with Gasteiger partial charge < -0.3 is 15.5 Å². The van der Waals surface area contributed by atoms with Gasteiger partial charge in [0, 0.05) is 47.5 Å². The summed E-state index contributed by atoms with van der Waals surface area (Å²) in [6, 6.07) is 1.85. The lowest BCUT2D eigenvalue weighted by Crippen LogP contribution is -2.35. The third-order valence-electron chi connectivity index (χ3n) is 7.59. The number of pyridine rings is 2. The van der Waals surface area contributed by atoms with Crippen LogP contribution < -0.4 is 10.6 Å². The molecule has 1 saturated carbocycles. The first kappa shape index (κ1) is 25.0. The third kappa shape index (κ3) is 4.96. The minimum atomic E-state index is -0.464. The number of H-pyrrole nitrogens is 1. The van der Waals surface area contributed by atoms with Crippen LogP contribution in [0.2, 0.25) is 0 Å². The summed E-state index contributed by atoms with van der Waals surface area (Å²) in [4.78, 5) is 15.9. The van der Waals surface area contributed by atoms with Crippen molar-refractivity contribution in [1.82, 2.24) is 30.4 Å². The molecular formula is C30H33FN8. The number of hydrogen-bond acceptors (Lipinski definition) is 7. The van der Waals surface area contributed by atoms with E-state index >= 15 is 4.39 Å². The minimum Gasteiger partial charge on any atom is -0.371 e. The lowest BCUT2D eigenvalue weighted by atomic mass is 10.0. The standard InChI is InChI=1S/C30H33FN8/c1-4-8-25(39-11-6-5-7-12-39)23-16-34-30(36-19(23)3)29-26-24(37-38-29)17-33-28(27(26)31)21-13-22(15-32-14-21)35-18(2)20-9-10-20/h4,8,13-15,17,20,35H,1-2,5-7,9-12,16H2,3H3,(H,34,36)(H,37,38)/b25-8+. The Labute approximate surface area is 227 Å². The monoisotopic (exact) mass is 524 g/mol. The molecule has 2 fully saturated rings. The second kappa shape index (κ2) is 10.5. The highest BCUT2D eigenvalue weighted by atomic mass is 19.1. The Morgan fingerprint density at radius 1 is 1.15 bits per heavy atom. The highest BCUT2D eigenvalue weighted by molar-refractivity contribution is 6.09. The first-order valence-corrected chi connectivity index (χ1v) is 13.6. The molecule has 3 N–H and O–H groups in total. The molecule has 8 nitrogen and oxygen atoms in total. The number of allylic oxidation sites excluding steroid dienone is 4. The molecule has 2 aliphatic heterocycles. The number of aromatic nitrogens is 4. The van der Waals surface area contributed by atoms with Gasteiger partial charge in [0.25, 0.3) is 0 Å². The number of halogens is 1. The van der Waals surface area contributed by atoms with E-state index in [0.29, 0.717) is 40.5 Å². The van der Waals surface area contributed by atoms with E-state index in [-0.39, 0.29) is 5.69 Å². The first-order chi connectivity index (χ1) is 19.0. The van der Waals surface area contributed by atoms with Gasteiger partial charge in [-0.1, -0.05) is 19.2 Å². The summed E-state index contributed by atoms with van der Waals surface area (Å²) in [6.07, 6.45) is 14.7. The van der Waals surface area contributed by atoms with Gasteiger partial charge in [0.15, 0.2) is 11.7 Å². The Hall–Kier alpha value is -4.27. The number of fused-ring (bicyclic) bond motifs is 1. The minimum absolute atomic E-state index is 0.212. The maximum Gasteiger partial charge on any atom is 0.161 e. The molecule has 3 aromatic heterocycles. The average Bonchev–Trinajstić information content (AvgIpc) is 3.72. The van der Waals surface area contributed by atoms with Gasteiger partial charge >= 0.3 is 0 Å². The van der Waals surface area contributed by atoms with Gasteiger partial charge in [-0.15, -0.1) is 0 Å². The quantitative estimate of drug-likeness (QED) is 0.329. The molecule has 3 aromatic rings. The maximum absolute atomic E-state index is 16.1. The molecule has 9 heteroatoms. The van der Waals surface area contributed by atoms with Gasteiger partial charge in [-0.3, -0.25) is 20.1 Å². The van der Waals surface area contributed by atoms with E-state index in [4.69, 9.17) is 4.99 Å². The van der Waals surface area contributed by atoms with E-state index in [1.807, 2.05) is 19.1 Å². The Kier molecular flexibility index (Phi) is 6.72. The van der Waals surface area contributed by atoms with Crippen molar-refractivity contribution in [2.75, 3.05) is 25.0 Å². The SMILES string of the molecule is C=C/C=C(\C1=C(C)NC(c2n[nH]c3cnc(-c4cncc(NC(=C)C5CC5)c4)c(F)c23)=NC1)N1CCCCC1. The number of hydrogen-bond donors (Lipinski definition) is 3. The summed E-state index contributed by atoms with van der Waals surface area (Å²) in [5.41, 5.74) is 6.69. The van der Waals surface area contributed by atoms with Crippen LogP contribution in [0.3, 0.4) is 0 Å². The highest BCUT2D eigenvalue weighted by Crippen LogP contribution is 2.36. The average molecular weight is 525 g/mol. The zero-order chi connectivity index (χ0) is 26.9. The van der Waals surface area contributed by atoms with Crippen LogP contribution in [0.25, 0.3) is 22.2 Å². The van der Waals surface area contributed by atoms with Gasteiger partial charge in [0.05, 0.1) is 35.5 Å². The van der Waals surface area contributed by atoms with Crippen molar-refractivity contribution in [1.29, 1.82) is 0 Å². The van der Waals surface area contributed by atoms with Crippen molar-refractivity contribution >= 4 is 22.4 Å². The number of aromatic amines is 1. The fourth-order valence-electron chi connectivity index (χ4n) is 5.32. The molecule has 0 amide bonds. The Morgan fingerprint density at radius 3 is 2.72 bits per heavy atom. The molecule has 200 valence electrons. The van der Waals surface area contributed by atoms with Gasteiger partial charge in [-0.25, -0.2) is 4.39 Å². The van der Waals surface area contributed by atoms with Gasteiger partial charge in [-0.05, 0) is 57.1 Å². The predicted octanol–water partition coefficient (Wildman–Crippen LogP) is 5.67. The molecule has 0 spiro atoms. The lowest BCUT2D eigenvalue weighted by molar-refractivity contribution is 0.289. The molecule has 0 bridgehead atoms. The Morgan fingerprint density at radius 2 is 1.97 bits per heavy atom. The normalized spacial score (nSPS) is 18.2. The summed E-state index contributed by atoms with van der Waals surface area (Å²) in [5.74, 6) is 0.566. The molecule has 1 aliphatic carbocycles. The number of amidine groups is 1. The number of likely N-dealkylation sites (tertiary alicyclic amines) is 1. The zero-order valence-electron chi connectivity index (χ0n) is 22.2. The van der Waals surface area contributed by atoms with Crippen LogP contribution in [0.1, 0.15) is 44.7 Å². The summed E-state index contributed by atoms with van der Waals surface area (Å²) < 4.78 is 16.1. The van der Waals surface area contributed by atoms with Crippen molar-refractivity contribution in [2.24, 2.45) is 10.9 Å². The molecule has 6 rings (SSSR count). The number of aliphatic imine (C=N–C) groups is 1. The smallest absolute Gasteiger partial charge is 0.161 e. The number of nitrogens with zero attached hydrogens (tertiary/aromatic N) is 5. The Balaban J connectivity index is 1.30. The van der Waals surface area contributed by atoms with Crippen LogP contribution in [-0.2, 0) is 0 Å². The molecule has 1 saturated heterocycles. The number of rotatable bonds is 8. The topological polar surface area (TPSA) is 94.1 Å². The van der Waals surface area contributed by atoms with E-state index in [1.165, 1.54) is 19.3 Å². The van der Waals surface area contributed by atoms with Crippen LogP contribution in [0.4, 0.5) is 10.1 Å². The molecule has 5 heterocycles. The molecule has 0 aromatic carbocycles. The van der Waals surface area contributed by atoms with Crippen molar-refractivity contribution in [3.05, 3.63) is 84.1 Å². The highest BCUT2D eigenvalue weighted by Gasteiger charge is 2.26. The molecule has 0 atom stereocenters. The van der Waals surface area contributed by atoms with Crippen molar-refractivity contribution in [3.63, 3.8) is 0 Å². The van der Waals surface area contributed by atoms with E-state index in [9.17, 15) is 0 Å². The summed E-state index contributed by atoms with van der Waals surface area (Å²) in [6.45, 7) is 12.6. The molecular weight excluding hydrogens is 491 g/mol. The van der Waals surface area contributed by atoms with E-state index in [2.05, 4.69) is 54.9 Å². The molecule has 3 aliphatic rings. The number of piperidine rings is 1. The van der Waals surface area contributed by atoms with Gasteiger partial charge in [0.1, 0.15) is 11.4 Å². The second-order valence-electron chi connectivity index (χ2n) is 10.4. The largest absolute Gasteiger partial charge is 0.371 e. The fraction of sp³-hybridized carbons (Fsp3) is 0.333. The van der Waals surface area contributed by atoms with Crippen LogP contribution in [0.15, 0.2) is 77.6 Å². The fourth-order valence-corrected chi connectivity index (χ4v) is 5.32. The van der Waals surface area contributed by atoms with Crippen LogP contribution in [0, 0.1) is 11.7 Å². The van der Waals surface area contributed by atoms with Crippen LogP contribution >= 0.6 is 0 Å². The molecule has 0 unspecified atom stereocenters. The summed E-state index contributed by atoms with van der Waals surface area (Å²) in [5, 5.41) is 14.4. The van der Waals surface area contributed by atoms with E-state index < -0.39 is 5.82 Å². The number of anilines is 1. The lowest BCUT2D eigenvalue weighted by Gasteiger charge is -2.33. The second-order valence-corrected chi connectivity index (χ2v) is 10.4. The van der Waals surface area contributed by atoms with Crippen molar-refractivity contribution in [2.45, 2.75) is 39.0 Å². The van der Waals surface area contributed by atoms with E-state index in [0.717, 1.165) is 54.3 Å². The molecule has 0 radical (unpaired) electrons. The predicted molar refractivity (Wildman–Crippen MR) is 154 cm³/mol. The van der Waals surface area contributed by atoms with Gasteiger partial charge in [-0.2, -0.15) is 5.10 Å². The van der Waals surface area contributed by atoms with Crippen LogP contribution in [0.5, 0.6) is 0 Å². The first-order valence-electron chi connectivity index (χ1n) is 13.6. The Bertz CT molecular complexity index is 1540.